The number of amides is 1. The van der Waals surface area contributed by atoms with Crippen molar-refractivity contribution in [1.29, 1.82) is 5.26 Å². The molecule has 4 heteroatoms. The lowest BCUT2D eigenvalue weighted by Crippen LogP contribution is -2.13. The van der Waals surface area contributed by atoms with Gasteiger partial charge < -0.3 is 10.1 Å². The van der Waals surface area contributed by atoms with Crippen LogP contribution in [-0.4, -0.2) is 5.91 Å². The van der Waals surface area contributed by atoms with E-state index in [-0.39, 0.29) is 5.57 Å². The van der Waals surface area contributed by atoms with E-state index in [1.54, 1.807) is 12.1 Å². The molecule has 1 amide bonds. The van der Waals surface area contributed by atoms with Gasteiger partial charge in [0.05, 0.1) is 0 Å². The van der Waals surface area contributed by atoms with Crippen LogP contribution in [-0.2, 0) is 11.4 Å². The molecule has 3 rings (SSSR count). The van der Waals surface area contributed by atoms with Crippen molar-refractivity contribution in [2.75, 3.05) is 5.32 Å². The molecule has 0 saturated heterocycles. The summed E-state index contributed by atoms with van der Waals surface area (Å²) in [4.78, 5) is 12.5. The molecule has 0 unspecified atom stereocenters. The van der Waals surface area contributed by atoms with Gasteiger partial charge in [0.25, 0.3) is 5.91 Å². The zero-order chi connectivity index (χ0) is 19.8. The number of nitriles is 1. The van der Waals surface area contributed by atoms with Gasteiger partial charge in [-0.25, -0.2) is 0 Å². The van der Waals surface area contributed by atoms with Crippen molar-refractivity contribution in [3.05, 3.63) is 101 Å². The molecule has 0 radical (unpaired) electrons. The highest BCUT2D eigenvalue weighted by Crippen LogP contribution is 2.23. The Kier molecular flexibility index (Phi) is 6.22. The molecule has 0 aromatic heterocycles. The second-order valence-corrected chi connectivity index (χ2v) is 6.31. The topological polar surface area (TPSA) is 62.1 Å². The third kappa shape index (κ3) is 5.09. The van der Waals surface area contributed by atoms with Crippen LogP contribution in [0, 0.1) is 18.3 Å². The maximum Gasteiger partial charge on any atom is 0.266 e. The van der Waals surface area contributed by atoms with E-state index in [0.29, 0.717) is 23.6 Å². The van der Waals surface area contributed by atoms with Crippen LogP contribution in [0.4, 0.5) is 5.69 Å². The van der Waals surface area contributed by atoms with Gasteiger partial charge in [-0.15, -0.1) is 0 Å². The summed E-state index contributed by atoms with van der Waals surface area (Å²) in [6, 6.07) is 26.6. The molecule has 0 bridgehead atoms. The van der Waals surface area contributed by atoms with Gasteiger partial charge in [0, 0.05) is 11.3 Å². The SMILES string of the molecule is Cc1cccc(NC(=O)/C(C#N)=C/c2ccccc2OCc2ccccc2)c1. The average molecular weight is 368 g/mol. The van der Waals surface area contributed by atoms with Crippen LogP contribution in [0.2, 0.25) is 0 Å². The van der Waals surface area contributed by atoms with E-state index < -0.39 is 5.91 Å². The van der Waals surface area contributed by atoms with Crippen molar-refractivity contribution in [2.45, 2.75) is 13.5 Å². The predicted octanol–water partition coefficient (Wildman–Crippen LogP) is 5.12. The van der Waals surface area contributed by atoms with E-state index in [9.17, 15) is 10.1 Å². The van der Waals surface area contributed by atoms with Crippen molar-refractivity contribution in [2.24, 2.45) is 0 Å². The summed E-state index contributed by atoms with van der Waals surface area (Å²) in [5.41, 5.74) is 3.41. The minimum absolute atomic E-state index is 0.0114. The Hall–Kier alpha value is -3.84. The predicted molar refractivity (Wildman–Crippen MR) is 111 cm³/mol. The monoisotopic (exact) mass is 368 g/mol. The molecule has 0 spiro atoms. The number of nitrogens with zero attached hydrogens (tertiary/aromatic N) is 1. The van der Waals surface area contributed by atoms with Crippen LogP contribution in [0.15, 0.2) is 84.4 Å². The lowest BCUT2D eigenvalue weighted by molar-refractivity contribution is -0.112. The smallest absolute Gasteiger partial charge is 0.266 e. The Morgan fingerprint density at radius 3 is 2.54 bits per heavy atom. The summed E-state index contributed by atoms with van der Waals surface area (Å²) in [6.45, 7) is 2.35. The molecule has 0 atom stereocenters. The van der Waals surface area contributed by atoms with Crippen LogP contribution >= 0.6 is 0 Å². The minimum Gasteiger partial charge on any atom is -0.488 e. The second-order valence-electron chi connectivity index (χ2n) is 6.31. The molecule has 0 aliphatic heterocycles. The van der Waals surface area contributed by atoms with Crippen molar-refractivity contribution >= 4 is 17.7 Å². The van der Waals surface area contributed by atoms with Crippen molar-refractivity contribution in [3.63, 3.8) is 0 Å². The number of anilines is 1. The zero-order valence-corrected chi connectivity index (χ0v) is 15.6. The van der Waals surface area contributed by atoms with Gasteiger partial charge in [0.2, 0.25) is 0 Å². The Bertz CT molecular complexity index is 1030. The minimum atomic E-state index is -0.453. The molecular weight excluding hydrogens is 348 g/mol. The van der Waals surface area contributed by atoms with Crippen molar-refractivity contribution in [3.8, 4) is 11.8 Å². The Labute approximate surface area is 164 Å². The van der Waals surface area contributed by atoms with Gasteiger partial charge in [0.15, 0.2) is 0 Å². The van der Waals surface area contributed by atoms with E-state index in [1.165, 1.54) is 0 Å². The number of carbonyl (C=O) groups is 1. The molecule has 3 aromatic rings. The lowest BCUT2D eigenvalue weighted by Gasteiger charge is -2.10. The van der Waals surface area contributed by atoms with Gasteiger partial charge >= 0.3 is 0 Å². The number of benzene rings is 3. The van der Waals surface area contributed by atoms with Gasteiger partial charge in [-0.05, 0) is 42.3 Å². The molecule has 0 fully saturated rings. The molecule has 4 nitrogen and oxygen atoms in total. The van der Waals surface area contributed by atoms with E-state index in [2.05, 4.69) is 5.32 Å². The fourth-order valence-corrected chi connectivity index (χ4v) is 2.69. The molecule has 28 heavy (non-hydrogen) atoms. The summed E-state index contributed by atoms with van der Waals surface area (Å²) >= 11 is 0. The summed E-state index contributed by atoms with van der Waals surface area (Å²) in [5, 5.41) is 12.2. The first kappa shape index (κ1) is 18.9. The number of rotatable bonds is 6. The molecular formula is C24H20N2O2. The highest BCUT2D eigenvalue weighted by atomic mass is 16.5. The number of ether oxygens (including phenoxy) is 1. The fraction of sp³-hybridized carbons (Fsp3) is 0.0833. The number of aryl methyl sites for hydroxylation is 1. The summed E-state index contributed by atoms with van der Waals surface area (Å²) in [7, 11) is 0. The zero-order valence-electron chi connectivity index (χ0n) is 15.6. The van der Waals surface area contributed by atoms with E-state index in [0.717, 1.165) is 11.1 Å². The normalized spacial score (nSPS) is 10.8. The first-order valence-electron chi connectivity index (χ1n) is 8.91. The molecule has 138 valence electrons. The number of para-hydroxylation sites is 1. The van der Waals surface area contributed by atoms with Gasteiger partial charge in [0.1, 0.15) is 24.0 Å². The highest BCUT2D eigenvalue weighted by Gasteiger charge is 2.11. The van der Waals surface area contributed by atoms with Gasteiger partial charge in [-0.3, -0.25) is 4.79 Å². The number of hydrogen-bond donors (Lipinski definition) is 1. The highest BCUT2D eigenvalue weighted by molar-refractivity contribution is 6.09. The van der Waals surface area contributed by atoms with E-state index >= 15 is 0 Å². The molecule has 0 aliphatic rings. The Balaban J connectivity index is 1.78. The summed E-state index contributed by atoms with van der Waals surface area (Å²) in [6.07, 6.45) is 1.55. The van der Waals surface area contributed by atoms with Crippen molar-refractivity contribution < 1.29 is 9.53 Å². The lowest BCUT2D eigenvalue weighted by atomic mass is 10.1. The Morgan fingerprint density at radius 2 is 1.79 bits per heavy atom. The molecule has 0 saturated carbocycles. The summed E-state index contributed by atoms with van der Waals surface area (Å²) < 4.78 is 5.90. The first-order chi connectivity index (χ1) is 13.7. The van der Waals surface area contributed by atoms with Crippen LogP contribution in [0.1, 0.15) is 16.7 Å². The first-order valence-corrected chi connectivity index (χ1v) is 8.91. The maximum atomic E-state index is 12.5. The van der Waals surface area contributed by atoms with E-state index in [4.69, 9.17) is 4.74 Å². The third-order valence-corrected chi connectivity index (χ3v) is 4.10. The molecule has 0 aliphatic carbocycles. The van der Waals surface area contributed by atoms with E-state index in [1.807, 2.05) is 85.8 Å². The van der Waals surface area contributed by atoms with Crippen LogP contribution in [0.3, 0.4) is 0 Å². The van der Waals surface area contributed by atoms with Crippen LogP contribution in [0.5, 0.6) is 5.75 Å². The third-order valence-electron chi connectivity index (χ3n) is 4.10. The van der Waals surface area contributed by atoms with Gasteiger partial charge in [-0.2, -0.15) is 5.26 Å². The number of hydrogen-bond acceptors (Lipinski definition) is 3. The maximum absolute atomic E-state index is 12.5. The molecule has 1 N–H and O–H groups in total. The van der Waals surface area contributed by atoms with Crippen LogP contribution < -0.4 is 10.1 Å². The average Bonchev–Trinajstić information content (AvgIpc) is 2.72. The fourth-order valence-electron chi connectivity index (χ4n) is 2.69. The second kappa shape index (κ2) is 9.20. The van der Waals surface area contributed by atoms with Gasteiger partial charge in [-0.1, -0.05) is 60.7 Å². The number of carbonyl (C=O) groups excluding carboxylic acids is 1. The molecule has 3 aromatic carbocycles. The molecule has 0 heterocycles. The largest absolute Gasteiger partial charge is 0.488 e. The van der Waals surface area contributed by atoms with Crippen molar-refractivity contribution in [1.82, 2.24) is 0 Å². The Morgan fingerprint density at radius 1 is 1.04 bits per heavy atom. The number of nitrogens with one attached hydrogen (secondary N) is 1. The summed E-state index contributed by atoms with van der Waals surface area (Å²) in [5.74, 6) is 0.161. The van der Waals surface area contributed by atoms with Crippen LogP contribution in [0.25, 0.3) is 6.08 Å². The standard InChI is InChI=1S/C24H20N2O2/c1-18-8-7-12-22(14-18)26-24(27)21(16-25)15-20-11-5-6-13-23(20)28-17-19-9-3-2-4-10-19/h2-15H,17H2,1H3,(H,26,27)/b21-15+. The quantitative estimate of drug-likeness (QED) is 0.485.